The molecule has 0 saturated heterocycles. The van der Waals surface area contributed by atoms with Crippen molar-refractivity contribution in [3.05, 3.63) is 301 Å². The minimum absolute atomic E-state index is 0.168. The van der Waals surface area contributed by atoms with Crippen molar-refractivity contribution in [1.82, 2.24) is 4.57 Å². The van der Waals surface area contributed by atoms with Crippen molar-refractivity contribution in [2.45, 2.75) is 38.5 Å². The summed E-state index contributed by atoms with van der Waals surface area (Å²) in [6.45, 7) is 9.37. The van der Waals surface area contributed by atoms with Gasteiger partial charge in [-0.1, -0.05) is 222 Å². The first-order chi connectivity index (χ1) is 43.5. The number of hydrogen-bond acceptors (Lipinski definition) is 3. The maximum Gasteiger partial charge on any atom is 0.171 e. The second-order valence-electron chi connectivity index (χ2n) is 25.5. The fourth-order valence-electron chi connectivity index (χ4n) is 15.3. The quantitative estimate of drug-likeness (QED) is 0.142. The van der Waals surface area contributed by atoms with Gasteiger partial charge >= 0.3 is 0 Å². The minimum atomic E-state index is -3.10. The first-order valence-corrected chi connectivity index (χ1v) is 32.5. The number of hydrogen-bond donors (Lipinski definition) is 0. The average molecular weight is 1160 g/mol. The molecule has 0 unspecified atom stereocenters. The Morgan fingerprint density at radius 1 is 0.292 bits per heavy atom. The monoisotopic (exact) mass is 1160 g/mol. The minimum Gasteiger partial charge on any atom is -0.456 e. The molecule has 3 aromatic heterocycles. The lowest BCUT2D eigenvalue weighted by atomic mass is 9.81. The van der Waals surface area contributed by atoms with E-state index in [1.807, 2.05) is 72.8 Å². The van der Waals surface area contributed by atoms with Crippen LogP contribution in [-0.4, -0.2) is 4.57 Å². The fraction of sp³-hybridized carbons (Fsp3) is 0.0714. The molecule has 18 rings (SSSR count). The van der Waals surface area contributed by atoms with E-state index in [0.717, 1.165) is 104 Å². The predicted octanol–water partition coefficient (Wildman–Crippen LogP) is 21.5. The van der Waals surface area contributed by atoms with E-state index in [0.29, 0.717) is 0 Å². The number of fused-ring (bicyclic) bond motifs is 15. The van der Waals surface area contributed by atoms with Crippen LogP contribution in [0.4, 0.5) is 0 Å². The van der Waals surface area contributed by atoms with Crippen LogP contribution in [0.1, 0.15) is 49.9 Å². The van der Waals surface area contributed by atoms with Crippen LogP contribution in [-0.2, 0) is 15.4 Å². The van der Waals surface area contributed by atoms with Crippen LogP contribution >= 0.6 is 7.14 Å². The Labute approximate surface area is 516 Å². The molecule has 89 heavy (non-hydrogen) atoms. The van der Waals surface area contributed by atoms with Gasteiger partial charge in [0.1, 0.15) is 22.3 Å². The van der Waals surface area contributed by atoms with Crippen LogP contribution in [0, 0.1) is 0 Å². The molecule has 0 atom stereocenters. The van der Waals surface area contributed by atoms with Crippen molar-refractivity contribution in [3.63, 3.8) is 0 Å². The van der Waals surface area contributed by atoms with Crippen molar-refractivity contribution < 1.29 is 13.4 Å². The summed E-state index contributed by atoms with van der Waals surface area (Å²) in [5.41, 5.74) is 25.7. The van der Waals surface area contributed by atoms with Gasteiger partial charge in [0.15, 0.2) is 7.14 Å². The lowest BCUT2D eigenvalue weighted by Gasteiger charge is -2.22. The molecule has 5 heteroatoms. The van der Waals surface area contributed by atoms with E-state index < -0.39 is 7.14 Å². The molecule has 4 nitrogen and oxygen atoms in total. The first-order valence-electron chi connectivity index (χ1n) is 30.8. The summed E-state index contributed by atoms with van der Waals surface area (Å²) < 4.78 is 31.5. The Kier molecular flexibility index (Phi) is 11.0. The lowest BCUT2D eigenvalue weighted by molar-refractivity contribution is 0.592. The van der Waals surface area contributed by atoms with Gasteiger partial charge in [0.2, 0.25) is 0 Å². The number of para-hydroxylation sites is 1. The van der Waals surface area contributed by atoms with Gasteiger partial charge in [-0.25, -0.2) is 0 Å². The summed E-state index contributed by atoms with van der Waals surface area (Å²) in [4.78, 5) is 0. The highest BCUT2D eigenvalue weighted by molar-refractivity contribution is 7.85. The molecule has 3 heterocycles. The van der Waals surface area contributed by atoms with Crippen LogP contribution < -0.4 is 15.9 Å². The molecule has 0 spiro atoms. The highest BCUT2D eigenvalue weighted by Gasteiger charge is 2.39. The largest absolute Gasteiger partial charge is 0.456 e. The third-order valence-electron chi connectivity index (χ3n) is 19.9. The normalized spacial score (nSPS) is 13.8. The molecule has 0 aliphatic heterocycles. The number of aromatic nitrogens is 1. The predicted molar refractivity (Wildman–Crippen MR) is 372 cm³/mol. The van der Waals surface area contributed by atoms with Crippen LogP contribution in [0.15, 0.2) is 288 Å². The number of benzene rings is 13. The molecule has 0 bridgehead atoms. The van der Waals surface area contributed by atoms with Crippen LogP contribution in [0.2, 0.25) is 0 Å². The molecule has 13 aromatic carbocycles. The zero-order valence-electron chi connectivity index (χ0n) is 49.7. The van der Waals surface area contributed by atoms with E-state index in [1.54, 1.807) is 0 Å². The van der Waals surface area contributed by atoms with E-state index in [2.05, 4.69) is 239 Å². The van der Waals surface area contributed by atoms with Crippen LogP contribution in [0.25, 0.3) is 138 Å². The number of rotatable bonds is 8. The summed E-state index contributed by atoms with van der Waals surface area (Å²) in [5.74, 6) is 0. The second kappa shape index (κ2) is 19.0. The smallest absolute Gasteiger partial charge is 0.171 e. The van der Waals surface area contributed by atoms with Crippen molar-refractivity contribution in [2.24, 2.45) is 0 Å². The summed E-state index contributed by atoms with van der Waals surface area (Å²) in [6, 6.07) is 99.9. The highest BCUT2D eigenvalue weighted by atomic mass is 31.2. The van der Waals surface area contributed by atoms with Gasteiger partial charge in [0.25, 0.3) is 0 Å². The summed E-state index contributed by atoms with van der Waals surface area (Å²) >= 11 is 0. The van der Waals surface area contributed by atoms with Gasteiger partial charge in [-0.05, 0) is 174 Å². The maximum atomic E-state index is 15.1. The SMILES string of the molecule is CC1(C)c2cc(-c3cc(-c4ccc5c(c4)c4ccccc4n5-c4ccc(-c5ccccc5)cc4)c4c(c3)oc3cc5c(cc34)-c3ccccc3C5(C)C)ccc2-c2cc3c(cc21)oc1cc(-c2ccc(P(=O)(c4ccccc4)c4ccccc4)cc2)ccc13. The zero-order chi connectivity index (χ0) is 59.5. The molecule has 2 aliphatic carbocycles. The molecule has 16 aromatic rings. The Morgan fingerprint density at radius 2 is 0.787 bits per heavy atom. The second-order valence-corrected chi connectivity index (χ2v) is 28.2. The molecule has 422 valence electrons. The van der Waals surface area contributed by atoms with Gasteiger partial charge in [-0.3, -0.25) is 0 Å². The summed E-state index contributed by atoms with van der Waals surface area (Å²) in [5, 5.41) is 9.28. The van der Waals surface area contributed by atoms with Crippen molar-refractivity contribution in [2.75, 3.05) is 0 Å². The lowest BCUT2D eigenvalue weighted by Crippen LogP contribution is -2.24. The van der Waals surface area contributed by atoms with E-state index >= 15 is 4.57 Å². The Hall–Kier alpha value is -10.5. The summed E-state index contributed by atoms with van der Waals surface area (Å²) in [7, 11) is -3.10. The molecule has 0 saturated carbocycles. The molecule has 2 aliphatic rings. The molecule has 0 amide bonds. The van der Waals surface area contributed by atoms with E-state index in [4.69, 9.17) is 8.83 Å². The Bertz CT molecular complexity index is 5630. The topological polar surface area (TPSA) is 48.3 Å². The molecular formula is C84H58NO3P. The van der Waals surface area contributed by atoms with Crippen molar-refractivity contribution in [3.8, 4) is 72.4 Å². The number of nitrogens with zero attached hydrogens (tertiary/aromatic N) is 1. The highest BCUT2D eigenvalue weighted by Crippen LogP contribution is 2.55. The van der Waals surface area contributed by atoms with Gasteiger partial charge in [0.05, 0.1) is 11.0 Å². The molecular weight excluding hydrogens is 1100 g/mol. The molecule has 0 radical (unpaired) electrons. The van der Waals surface area contributed by atoms with E-state index in [9.17, 15) is 0 Å². The van der Waals surface area contributed by atoms with Crippen molar-refractivity contribution in [1.29, 1.82) is 0 Å². The third-order valence-corrected chi connectivity index (χ3v) is 23.0. The van der Waals surface area contributed by atoms with E-state index in [1.165, 1.54) is 71.9 Å². The molecule has 0 N–H and O–H groups in total. The van der Waals surface area contributed by atoms with Crippen LogP contribution in [0.5, 0.6) is 0 Å². The third kappa shape index (κ3) is 7.64. The molecule has 0 fully saturated rings. The maximum absolute atomic E-state index is 15.1. The zero-order valence-corrected chi connectivity index (χ0v) is 50.6. The Morgan fingerprint density at radius 3 is 1.53 bits per heavy atom. The van der Waals surface area contributed by atoms with E-state index in [-0.39, 0.29) is 10.8 Å². The standard InChI is InChI=1S/C84H58NO3P/c1-83(2)72-26-16-14-24-62(72)68-48-71-80(50-74(68)83)88-81-46-57(43-66(82(71)81)56-34-41-77-69(42-56)64-25-15-17-27-76(64)85(77)58-35-28-52(29-36-58)51-18-8-5-9-19-51)54-32-39-63-67-47-70-65-40-33-55(45-78(65)87-79(70)49-75(67)84(3,4)73(63)44-54)53-30-37-61(38-31-53)89(86,59-20-10-6-11-21-59)60-22-12-7-13-23-60/h5-50H,1-4H3. The van der Waals surface area contributed by atoms with Gasteiger partial charge in [-0.2, -0.15) is 0 Å². The van der Waals surface area contributed by atoms with Gasteiger partial charge < -0.3 is 18.0 Å². The fourth-order valence-corrected chi connectivity index (χ4v) is 17.9. The number of furan rings is 2. The average Bonchev–Trinajstić information content (AvgIpc) is 1.60. The van der Waals surface area contributed by atoms with Gasteiger partial charge in [0, 0.05) is 64.7 Å². The summed E-state index contributed by atoms with van der Waals surface area (Å²) in [6.07, 6.45) is 0. The first kappa shape index (κ1) is 51.7. The van der Waals surface area contributed by atoms with Crippen LogP contribution in [0.3, 0.4) is 0 Å². The van der Waals surface area contributed by atoms with Crippen molar-refractivity contribution >= 4 is 88.7 Å². The Balaban J connectivity index is 0.743. The van der Waals surface area contributed by atoms with Gasteiger partial charge in [-0.15, -0.1) is 0 Å².